The Bertz CT molecular complexity index is 138. The summed E-state index contributed by atoms with van der Waals surface area (Å²) >= 11 is 0. The van der Waals surface area contributed by atoms with Crippen LogP contribution in [0.1, 0.15) is 12.8 Å². The second kappa shape index (κ2) is 7.17. The molecule has 0 saturated heterocycles. The van der Waals surface area contributed by atoms with E-state index in [2.05, 4.69) is 10.6 Å². The molecule has 1 fully saturated rings. The lowest BCUT2D eigenvalue weighted by Crippen LogP contribution is -2.38. The Balaban J connectivity index is 1.72. The number of aliphatic hydroxyl groups excluding tert-OH is 1. The van der Waals surface area contributed by atoms with E-state index in [1.165, 1.54) is 0 Å². The molecule has 1 saturated carbocycles. The number of methoxy groups -OCH3 is 1. The largest absolute Gasteiger partial charge is 0.393 e. The summed E-state index contributed by atoms with van der Waals surface area (Å²) in [5.74, 6) is 0.698. The van der Waals surface area contributed by atoms with Crippen LogP contribution < -0.4 is 10.6 Å². The third-order valence-corrected chi connectivity index (χ3v) is 2.61. The Morgan fingerprint density at radius 2 is 1.93 bits per heavy atom. The topological polar surface area (TPSA) is 53.5 Å². The summed E-state index contributed by atoms with van der Waals surface area (Å²) in [6.45, 7) is 4.72. The molecule has 1 aliphatic carbocycles. The van der Waals surface area contributed by atoms with Crippen LogP contribution in [0.25, 0.3) is 0 Å². The molecule has 0 radical (unpaired) electrons. The Kier molecular flexibility index (Phi) is 6.10. The van der Waals surface area contributed by atoms with Gasteiger partial charge < -0.3 is 20.5 Å². The van der Waals surface area contributed by atoms with E-state index < -0.39 is 0 Å². The fourth-order valence-corrected chi connectivity index (χ4v) is 1.65. The van der Waals surface area contributed by atoms with Crippen LogP contribution in [0.2, 0.25) is 0 Å². The highest BCUT2D eigenvalue weighted by molar-refractivity contribution is 4.79. The van der Waals surface area contributed by atoms with E-state index >= 15 is 0 Å². The summed E-state index contributed by atoms with van der Waals surface area (Å²) in [6.07, 6.45) is 1.93. The van der Waals surface area contributed by atoms with Crippen molar-refractivity contribution < 1.29 is 9.84 Å². The molecule has 4 heteroatoms. The molecule has 0 heterocycles. The van der Waals surface area contributed by atoms with Gasteiger partial charge in [-0.15, -0.1) is 0 Å². The molecule has 0 amide bonds. The lowest BCUT2D eigenvalue weighted by atomic mass is 9.82. The molecule has 3 N–H and O–H groups in total. The second-order valence-corrected chi connectivity index (χ2v) is 3.94. The van der Waals surface area contributed by atoms with Crippen molar-refractivity contribution in [1.29, 1.82) is 0 Å². The molecule has 0 aromatic carbocycles. The van der Waals surface area contributed by atoms with Gasteiger partial charge in [0.1, 0.15) is 0 Å². The van der Waals surface area contributed by atoms with Crippen LogP contribution in [-0.4, -0.2) is 51.1 Å². The normalized spacial score (nSPS) is 26.1. The highest BCUT2D eigenvalue weighted by atomic mass is 16.5. The van der Waals surface area contributed by atoms with E-state index in [-0.39, 0.29) is 6.10 Å². The molecule has 1 rings (SSSR count). The Morgan fingerprint density at radius 3 is 2.57 bits per heavy atom. The fraction of sp³-hybridized carbons (Fsp3) is 1.00. The first-order valence-electron chi connectivity index (χ1n) is 5.41. The van der Waals surface area contributed by atoms with Crippen LogP contribution in [0.4, 0.5) is 0 Å². The van der Waals surface area contributed by atoms with Gasteiger partial charge >= 0.3 is 0 Å². The molecule has 0 aromatic rings. The number of nitrogens with one attached hydrogen (secondary N) is 2. The molecule has 0 atom stereocenters. The highest BCUT2D eigenvalue weighted by Gasteiger charge is 2.26. The van der Waals surface area contributed by atoms with Crippen molar-refractivity contribution in [2.75, 3.05) is 39.9 Å². The standard InChI is InChI=1S/C10H22N2O2/c1-14-5-4-11-2-3-12-8-9-6-10(13)7-9/h9-13H,2-8H2,1H3. The van der Waals surface area contributed by atoms with Gasteiger partial charge in [0, 0.05) is 26.7 Å². The minimum absolute atomic E-state index is 0.0263. The first kappa shape index (κ1) is 11.9. The highest BCUT2D eigenvalue weighted by Crippen LogP contribution is 2.25. The molecule has 0 aliphatic heterocycles. The molecule has 0 spiro atoms. The van der Waals surface area contributed by atoms with Crippen molar-refractivity contribution in [3.8, 4) is 0 Å². The van der Waals surface area contributed by atoms with Crippen molar-refractivity contribution in [2.45, 2.75) is 18.9 Å². The summed E-state index contributed by atoms with van der Waals surface area (Å²) in [5.41, 5.74) is 0. The Hall–Kier alpha value is -0.160. The number of aliphatic hydroxyl groups is 1. The molecule has 0 unspecified atom stereocenters. The Morgan fingerprint density at radius 1 is 1.21 bits per heavy atom. The molecule has 0 bridgehead atoms. The molecular formula is C10H22N2O2. The summed E-state index contributed by atoms with van der Waals surface area (Å²) in [5, 5.41) is 15.7. The molecule has 1 aliphatic rings. The summed E-state index contributed by atoms with van der Waals surface area (Å²) in [7, 11) is 1.71. The smallest absolute Gasteiger partial charge is 0.0587 e. The molecule has 4 nitrogen and oxygen atoms in total. The van der Waals surface area contributed by atoms with E-state index in [0.29, 0.717) is 5.92 Å². The van der Waals surface area contributed by atoms with Gasteiger partial charge in [0.2, 0.25) is 0 Å². The lowest BCUT2D eigenvalue weighted by Gasteiger charge is -2.31. The van der Waals surface area contributed by atoms with Gasteiger partial charge in [0.05, 0.1) is 12.7 Å². The van der Waals surface area contributed by atoms with Crippen molar-refractivity contribution in [3.63, 3.8) is 0 Å². The third kappa shape index (κ3) is 4.91. The minimum atomic E-state index is -0.0263. The fourth-order valence-electron chi connectivity index (χ4n) is 1.65. The number of ether oxygens (including phenoxy) is 1. The zero-order valence-electron chi connectivity index (χ0n) is 8.96. The first-order valence-corrected chi connectivity index (χ1v) is 5.41. The van der Waals surface area contributed by atoms with E-state index in [0.717, 1.165) is 45.6 Å². The van der Waals surface area contributed by atoms with Gasteiger partial charge in [-0.25, -0.2) is 0 Å². The van der Waals surface area contributed by atoms with Gasteiger partial charge in [-0.3, -0.25) is 0 Å². The SMILES string of the molecule is COCCNCCNCC1CC(O)C1. The average molecular weight is 202 g/mol. The van der Waals surface area contributed by atoms with Gasteiger partial charge in [0.15, 0.2) is 0 Å². The van der Waals surface area contributed by atoms with Crippen molar-refractivity contribution in [2.24, 2.45) is 5.92 Å². The zero-order chi connectivity index (χ0) is 10.2. The second-order valence-electron chi connectivity index (χ2n) is 3.94. The predicted molar refractivity (Wildman–Crippen MR) is 56.3 cm³/mol. The maximum atomic E-state index is 9.06. The minimum Gasteiger partial charge on any atom is -0.393 e. The summed E-state index contributed by atoms with van der Waals surface area (Å²) in [6, 6.07) is 0. The number of hydrogen-bond acceptors (Lipinski definition) is 4. The van der Waals surface area contributed by atoms with Crippen molar-refractivity contribution in [1.82, 2.24) is 10.6 Å². The molecule has 0 aromatic heterocycles. The number of rotatable bonds is 8. The quantitative estimate of drug-likeness (QED) is 0.468. The number of hydrogen-bond donors (Lipinski definition) is 3. The monoisotopic (exact) mass is 202 g/mol. The molecular weight excluding hydrogens is 180 g/mol. The summed E-state index contributed by atoms with van der Waals surface area (Å²) < 4.78 is 4.91. The van der Waals surface area contributed by atoms with Crippen LogP contribution in [0, 0.1) is 5.92 Å². The van der Waals surface area contributed by atoms with E-state index in [4.69, 9.17) is 9.84 Å². The maximum Gasteiger partial charge on any atom is 0.0587 e. The van der Waals surface area contributed by atoms with Crippen LogP contribution in [-0.2, 0) is 4.74 Å². The van der Waals surface area contributed by atoms with Crippen molar-refractivity contribution >= 4 is 0 Å². The van der Waals surface area contributed by atoms with Crippen molar-refractivity contribution in [3.05, 3.63) is 0 Å². The van der Waals surface area contributed by atoms with Gasteiger partial charge in [-0.05, 0) is 25.3 Å². The van der Waals surface area contributed by atoms with Crippen LogP contribution in [0.15, 0.2) is 0 Å². The van der Waals surface area contributed by atoms with Crippen LogP contribution in [0.3, 0.4) is 0 Å². The summed E-state index contributed by atoms with van der Waals surface area (Å²) in [4.78, 5) is 0. The van der Waals surface area contributed by atoms with E-state index in [9.17, 15) is 0 Å². The predicted octanol–water partition coefficient (Wildman–Crippen LogP) is -0.417. The first-order chi connectivity index (χ1) is 6.83. The van der Waals surface area contributed by atoms with Gasteiger partial charge in [-0.2, -0.15) is 0 Å². The van der Waals surface area contributed by atoms with Crippen LogP contribution in [0.5, 0.6) is 0 Å². The van der Waals surface area contributed by atoms with Gasteiger partial charge in [0.25, 0.3) is 0 Å². The van der Waals surface area contributed by atoms with E-state index in [1.54, 1.807) is 7.11 Å². The molecule has 84 valence electrons. The average Bonchev–Trinajstić information content (AvgIpc) is 2.13. The molecule has 14 heavy (non-hydrogen) atoms. The third-order valence-electron chi connectivity index (χ3n) is 2.61. The Labute approximate surface area is 86.0 Å². The maximum absolute atomic E-state index is 9.06. The van der Waals surface area contributed by atoms with Gasteiger partial charge in [-0.1, -0.05) is 0 Å². The van der Waals surface area contributed by atoms with Crippen LogP contribution >= 0.6 is 0 Å². The van der Waals surface area contributed by atoms with E-state index in [1.807, 2.05) is 0 Å². The zero-order valence-corrected chi connectivity index (χ0v) is 8.96. The lowest BCUT2D eigenvalue weighted by molar-refractivity contribution is 0.0432.